The SMILES string of the molecule is CC(CC(NC(=O)OCc1ccccc1)C(=O)O)c1ccc(C#N)cc1. The number of carbonyl (C=O) groups excluding carboxylic acids is 1. The van der Waals surface area contributed by atoms with Gasteiger partial charge in [-0.2, -0.15) is 5.26 Å². The van der Waals surface area contributed by atoms with Gasteiger partial charge < -0.3 is 15.2 Å². The van der Waals surface area contributed by atoms with Crippen LogP contribution in [0.4, 0.5) is 4.79 Å². The van der Waals surface area contributed by atoms with Crippen molar-refractivity contribution in [2.45, 2.75) is 31.9 Å². The molecule has 0 spiro atoms. The molecule has 1 amide bonds. The molecule has 0 aliphatic carbocycles. The van der Waals surface area contributed by atoms with E-state index in [1.807, 2.05) is 43.3 Å². The summed E-state index contributed by atoms with van der Waals surface area (Å²) in [6.45, 7) is 1.94. The van der Waals surface area contributed by atoms with Gasteiger partial charge in [-0.25, -0.2) is 9.59 Å². The van der Waals surface area contributed by atoms with Crippen molar-refractivity contribution in [3.63, 3.8) is 0 Å². The fourth-order valence-corrected chi connectivity index (χ4v) is 2.50. The first-order valence-corrected chi connectivity index (χ1v) is 8.19. The number of hydrogen-bond acceptors (Lipinski definition) is 4. The van der Waals surface area contributed by atoms with Crippen LogP contribution in [-0.4, -0.2) is 23.2 Å². The van der Waals surface area contributed by atoms with Gasteiger partial charge in [-0.15, -0.1) is 0 Å². The predicted octanol–water partition coefficient (Wildman–Crippen LogP) is 3.43. The molecule has 0 fully saturated rings. The first kappa shape index (κ1) is 19.0. The highest BCUT2D eigenvalue weighted by Gasteiger charge is 2.24. The second-order valence-corrected chi connectivity index (χ2v) is 5.97. The summed E-state index contributed by atoms with van der Waals surface area (Å²) in [6.07, 6.45) is -0.560. The minimum Gasteiger partial charge on any atom is -0.480 e. The van der Waals surface area contributed by atoms with Crippen LogP contribution in [-0.2, 0) is 16.1 Å². The number of carbonyl (C=O) groups is 2. The quantitative estimate of drug-likeness (QED) is 0.795. The molecule has 0 saturated heterocycles. The number of nitrogens with one attached hydrogen (secondary N) is 1. The Morgan fingerprint density at radius 3 is 2.38 bits per heavy atom. The van der Waals surface area contributed by atoms with Gasteiger partial charge in [0.2, 0.25) is 0 Å². The number of carboxylic acids is 1. The summed E-state index contributed by atoms with van der Waals surface area (Å²) in [5, 5.41) is 20.6. The van der Waals surface area contributed by atoms with Gasteiger partial charge in [-0.05, 0) is 35.6 Å². The first-order chi connectivity index (χ1) is 12.5. The average Bonchev–Trinajstić information content (AvgIpc) is 2.66. The molecule has 2 atom stereocenters. The van der Waals surface area contributed by atoms with E-state index >= 15 is 0 Å². The third-order valence-corrected chi connectivity index (χ3v) is 4.00. The van der Waals surface area contributed by atoms with Crippen molar-refractivity contribution in [3.05, 3.63) is 71.3 Å². The van der Waals surface area contributed by atoms with Crippen molar-refractivity contribution in [3.8, 4) is 6.07 Å². The largest absolute Gasteiger partial charge is 0.480 e. The number of nitrogens with zero attached hydrogens (tertiary/aromatic N) is 1. The van der Waals surface area contributed by atoms with Gasteiger partial charge in [0, 0.05) is 0 Å². The number of hydrogen-bond donors (Lipinski definition) is 2. The monoisotopic (exact) mass is 352 g/mol. The molecule has 0 aromatic heterocycles. The Kier molecular flexibility index (Phi) is 6.75. The molecule has 6 nitrogen and oxygen atoms in total. The van der Waals surface area contributed by atoms with Gasteiger partial charge in [0.25, 0.3) is 0 Å². The number of ether oxygens (including phenoxy) is 1. The minimum absolute atomic E-state index is 0.0736. The number of rotatable bonds is 7. The van der Waals surface area contributed by atoms with E-state index in [2.05, 4.69) is 5.32 Å². The van der Waals surface area contributed by atoms with Crippen LogP contribution in [0.1, 0.15) is 36.0 Å². The average molecular weight is 352 g/mol. The topological polar surface area (TPSA) is 99.4 Å². The number of aliphatic carboxylic acids is 1. The number of benzene rings is 2. The van der Waals surface area contributed by atoms with Gasteiger partial charge in [0.05, 0.1) is 11.6 Å². The molecule has 0 bridgehead atoms. The number of alkyl carbamates (subject to hydrolysis) is 1. The third-order valence-electron chi connectivity index (χ3n) is 4.00. The highest BCUT2D eigenvalue weighted by Crippen LogP contribution is 2.21. The zero-order valence-electron chi connectivity index (χ0n) is 14.4. The van der Waals surface area contributed by atoms with Gasteiger partial charge in [-0.1, -0.05) is 49.4 Å². The second kappa shape index (κ2) is 9.23. The van der Waals surface area contributed by atoms with Gasteiger partial charge in [-0.3, -0.25) is 0 Å². The summed E-state index contributed by atoms with van der Waals surface area (Å²) in [5.41, 5.74) is 2.26. The van der Waals surface area contributed by atoms with Crippen molar-refractivity contribution < 1.29 is 19.4 Å². The van der Waals surface area contributed by atoms with Gasteiger partial charge in [0.1, 0.15) is 12.6 Å². The van der Waals surface area contributed by atoms with E-state index < -0.39 is 18.1 Å². The first-order valence-electron chi connectivity index (χ1n) is 8.19. The fraction of sp³-hybridized carbons (Fsp3) is 0.250. The van der Waals surface area contributed by atoms with E-state index in [4.69, 9.17) is 10.00 Å². The lowest BCUT2D eigenvalue weighted by atomic mass is 9.93. The zero-order chi connectivity index (χ0) is 18.9. The van der Waals surface area contributed by atoms with Crippen LogP contribution < -0.4 is 5.32 Å². The molecule has 6 heteroatoms. The Morgan fingerprint density at radius 1 is 1.15 bits per heavy atom. The van der Waals surface area contributed by atoms with E-state index in [0.717, 1.165) is 11.1 Å². The van der Waals surface area contributed by atoms with E-state index in [1.54, 1.807) is 24.3 Å². The molecule has 0 heterocycles. The molecule has 2 aromatic rings. The Morgan fingerprint density at radius 2 is 1.81 bits per heavy atom. The van der Waals surface area contributed by atoms with Crippen molar-refractivity contribution >= 4 is 12.1 Å². The predicted molar refractivity (Wildman–Crippen MR) is 95.4 cm³/mol. The van der Waals surface area contributed by atoms with Crippen LogP contribution >= 0.6 is 0 Å². The van der Waals surface area contributed by atoms with Crippen LogP contribution in [0.3, 0.4) is 0 Å². The molecule has 134 valence electrons. The van der Waals surface area contributed by atoms with Crippen LogP contribution in [0.5, 0.6) is 0 Å². The van der Waals surface area contributed by atoms with Crippen LogP contribution in [0.15, 0.2) is 54.6 Å². The second-order valence-electron chi connectivity index (χ2n) is 5.97. The maximum Gasteiger partial charge on any atom is 0.408 e. The highest BCUT2D eigenvalue weighted by atomic mass is 16.5. The molecule has 0 aliphatic heterocycles. The summed E-state index contributed by atoms with van der Waals surface area (Å²) in [6, 6.07) is 17.1. The molecule has 2 N–H and O–H groups in total. The molecular formula is C20H20N2O4. The molecule has 2 unspecified atom stereocenters. The zero-order valence-corrected chi connectivity index (χ0v) is 14.4. The lowest BCUT2D eigenvalue weighted by molar-refractivity contribution is -0.139. The number of amides is 1. The molecule has 0 radical (unpaired) electrons. The maximum absolute atomic E-state index is 11.9. The normalized spacial score (nSPS) is 12.5. The maximum atomic E-state index is 11.9. The summed E-state index contributed by atoms with van der Waals surface area (Å²) >= 11 is 0. The molecular weight excluding hydrogens is 332 g/mol. The lowest BCUT2D eigenvalue weighted by Gasteiger charge is -2.19. The van der Waals surface area contributed by atoms with Gasteiger partial charge in [0.15, 0.2) is 0 Å². The third kappa shape index (κ3) is 5.64. The molecule has 0 aliphatic rings. The summed E-state index contributed by atoms with van der Waals surface area (Å²) in [5.74, 6) is -1.24. The Balaban J connectivity index is 1.91. The van der Waals surface area contributed by atoms with E-state index in [-0.39, 0.29) is 18.9 Å². The summed E-state index contributed by atoms with van der Waals surface area (Å²) < 4.78 is 5.08. The van der Waals surface area contributed by atoms with Crippen molar-refractivity contribution in [1.82, 2.24) is 5.32 Å². The fourth-order valence-electron chi connectivity index (χ4n) is 2.50. The van der Waals surface area contributed by atoms with Crippen LogP contribution in [0.2, 0.25) is 0 Å². The smallest absolute Gasteiger partial charge is 0.408 e. The van der Waals surface area contributed by atoms with Crippen molar-refractivity contribution in [2.24, 2.45) is 0 Å². The Labute approximate surface area is 152 Å². The Bertz CT molecular complexity index is 782. The summed E-state index contributed by atoms with van der Waals surface area (Å²) in [7, 11) is 0. The van der Waals surface area contributed by atoms with Gasteiger partial charge >= 0.3 is 12.1 Å². The molecule has 2 aromatic carbocycles. The van der Waals surface area contributed by atoms with Crippen LogP contribution in [0, 0.1) is 11.3 Å². The lowest BCUT2D eigenvalue weighted by Crippen LogP contribution is -2.41. The summed E-state index contributed by atoms with van der Waals surface area (Å²) in [4.78, 5) is 23.4. The Hall–Kier alpha value is -3.33. The van der Waals surface area contributed by atoms with E-state index in [9.17, 15) is 14.7 Å². The standard InChI is InChI=1S/C20H20N2O4/c1-14(17-9-7-15(12-21)8-10-17)11-18(19(23)24)22-20(25)26-13-16-5-3-2-4-6-16/h2-10,14,18H,11,13H2,1H3,(H,22,25)(H,23,24). The molecule has 2 rings (SSSR count). The highest BCUT2D eigenvalue weighted by molar-refractivity contribution is 5.79. The molecule has 0 saturated carbocycles. The van der Waals surface area contributed by atoms with Crippen LogP contribution in [0.25, 0.3) is 0 Å². The molecule has 26 heavy (non-hydrogen) atoms. The number of nitriles is 1. The van der Waals surface area contributed by atoms with E-state index in [1.165, 1.54) is 0 Å². The minimum atomic E-state index is -1.12. The van der Waals surface area contributed by atoms with Crippen molar-refractivity contribution in [2.75, 3.05) is 0 Å². The number of carboxylic acid groups (broad SMARTS) is 1. The van der Waals surface area contributed by atoms with Crippen molar-refractivity contribution in [1.29, 1.82) is 5.26 Å². The van der Waals surface area contributed by atoms with E-state index in [0.29, 0.717) is 5.56 Å².